The fourth-order valence-corrected chi connectivity index (χ4v) is 2.32. The van der Waals surface area contributed by atoms with Crippen LogP contribution in [-0.4, -0.2) is 12.5 Å². The minimum absolute atomic E-state index is 0.0667. The Balaban J connectivity index is 1.65. The van der Waals surface area contributed by atoms with Crippen molar-refractivity contribution in [3.05, 3.63) is 84.4 Å². The summed E-state index contributed by atoms with van der Waals surface area (Å²) in [6.45, 7) is 1.93. The van der Waals surface area contributed by atoms with E-state index in [0.29, 0.717) is 17.2 Å². The van der Waals surface area contributed by atoms with Crippen LogP contribution in [0.3, 0.4) is 0 Å². The highest BCUT2D eigenvalue weighted by Crippen LogP contribution is 2.29. The first kappa shape index (κ1) is 16.6. The zero-order valence-corrected chi connectivity index (χ0v) is 13.9. The van der Waals surface area contributed by atoms with Gasteiger partial charge in [0.25, 0.3) is 5.91 Å². The normalized spacial score (nSPS) is 10.1. The maximum Gasteiger partial charge on any atom is 0.262 e. The van der Waals surface area contributed by atoms with Crippen LogP contribution in [0.5, 0.6) is 17.2 Å². The van der Waals surface area contributed by atoms with E-state index in [1.165, 1.54) is 0 Å². The Kier molecular flexibility index (Phi) is 5.32. The summed E-state index contributed by atoms with van der Waals surface area (Å²) in [5.41, 5.74) is 1.71. The maximum atomic E-state index is 12.2. The van der Waals surface area contributed by atoms with Crippen LogP contribution < -0.4 is 14.8 Å². The van der Waals surface area contributed by atoms with Crippen molar-refractivity contribution in [1.82, 2.24) is 0 Å². The summed E-state index contributed by atoms with van der Waals surface area (Å²) in [6, 6.07) is 24.3. The predicted molar refractivity (Wildman–Crippen MR) is 98.3 cm³/mol. The topological polar surface area (TPSA) is 47.6 Å². The van der Waals surface area contributed by atoms with Crippen LogP contribution >= 0.6 is 0 Å². The summed E-state index contributed by atoms with van der Waals surface area (Å²) in [6.07, 6.45) is 0. The second kappa shape index (κ2) is 8.02. The Morgan fingerprint density at radius 1 is 0.880 bits per heavy atom. The molecule has 0 radical (unpaired) electrons. The Bertz CT molecular complexity index is 847. The van der Waals surface area contributed by atoms with Gasteiger partial charge in [-0.05, 0) is 48.9 Å². The molecule has 1 N–H and O–H groups in total. The third kappa shape index (κ3) is 4.85. The highest BCUT2D eigenvalue weighted by Gasteiger charge is 2.09. The van der Waals surface area contributed by atoms with Gasteiger partial charge in [0, 0.05) is 0 Å². The Morgan fingerprint density at radius 2 is 1.60 bits per heavy atom. The van der Waals surface area contributed by atoms with Crippen LogP contribution in [0, 0.1) is 6.92 Å². The van der Waals surface area contributed by atoms with Crippen LogP contribution in [-0.2, 0) is 4.79 Å². The monoisotopic (exact) mass is 333 g/mol. The minimum Gasteiger partial charge on any atom is -0.484 e. The van der Waals surface area contributed by atoms with Crippen molar-refractivity contribution < 1.29 is 14.3 Å². The molecule has 0 aliphatic rings. The fourth-order valence-electron chi connectivity index (χ4n) is 2.32. The summed E-state index contributed by atoms with van der Waals surface area (Å²) in [7, 11) is 0. The molecule has 0 heterocycles. The van der Waals surface area contributed by atoms with Gasteiger partial charge in [-0.2, -0.15) is 0 Å². The van der Waals surface area contributed by atoms with Crippen molar-refractivity contribution >= 4 is 11.6 Å². The molecule has 3 rings (SSSR count). The van der Waals surface area contributed by atoms with Crippen molar-refractivity contribution in [2.24, 2.45) is 0 Å². The zero-order chi connectivity index (χ0) is 17.5. The molecule has 4 heteroatoms. The second-order valence-electron chi connectivity index (χ2n) is 5.56. The number of amides is 1. The molecule has 1 amide bonds. The molecule has 0 fully saturated rings. The first-order valence-corrected chi connectivity index (χ1v) is 8.02. The molecule has 3 aromatic carbocycles. The van der Waals surface area contributed by atoms with Crippen LogP contribution in [0.2, 0.25) is 0 Å². The van der Waals surface area contributed by atoms with E-state index in [-0.39, 0.29) is 12.5 Å². The van der Waals surface area contributed by atoms with Crippen molar-refractivity contribution in [1.29, 1.82) is 0 Å². The Hall–Kier alpha value is -3.27. The largest absolute Gasteiger partial charge is 0.484 e. The number of hydrogen-bond donors (Lipinski definition) is 1. The lowest BCUT2D eigenvalue weighted by atomic mass is 10.2. The summed E-state index contributed by atoms with van der Waals surface area (Å²) in [5, 5.41) is 2.83. The van der Waals surface area contributed by atoms with E-state index in [1.807, 2.05) is 79.7 Å². The van der Waals surface area contributed by atoms with Gasteiger partial charge in [0.2, 0.25) is 0 Å². The van der Waals surface area contributed by atoms with E-state index in [1.54, 1.807) is 6.07 Å². The van der Waals surface area contributed by atoms with Gasteiger partial charge < -0.3 is 14.8 Å². The van der Waals surface area contributed by atoms with Gasteiger partial charge in [-0.15, -0.1) is 0 Å². The van der Waals surface area contributed by atoms with Crippen molar-refractivity contribution in [2.75, 3.05) is 11.9 Å². The number of nitrogens with one attached hydrogen (secondary N) is 1. The quantitative estimate of drug-likeness (QED) is 0.704. The molecule has 0 saturated carbocycles. The summed E-state index contributed by atoms with van der Waals surface area (Å²) in [5.74, 6) is 1.72. The Morgan fingerprint density at radius 3 is 2.40 bits per heavy atom. The average molecular weight is 333 g/mol. The maximum absolute atomic E-state index is 12.2. The third-order valence-electron chi connectivity index (χ3n) is 3.49. The fraction of sp³-hybridized carbons (Fsp3) is 0.0952. The molecular weight excluding hydrogens is 314 g/mol. The van der Waals surface area contributed by atoms with E-state index >= 15 is 0 Å². The van der Waals surface area contributed by atoms with Gasteiger partial charge in [0.1, 0.15) is 11.5 Å². The number of anilines is 1. The van der Waals surface area contributed by atoms with E-state index < -0.39 is 0 Å². The first-order chi connectivity index (χ1) is 12.2. The lowest BCUT2D eigenvalue weighted by molar-refractivity contribution is -0.118. The number of hydrogen-bond acceptors (Lipinski definition) is 3. The molecule has 126 valence electrons. The molecule has 0 atom stereocenters. The van der Waals surface area contributed by atoms with Gasteiger partial charge in [0.05, 0.1) is 5.69 Å². The number of rotatable bonds is 6. The molecule has 25 heavy (non-hydrogen) atoms. The Labute approximate surface area is 147 Å². The number of aryl methyl sites for hydroxylation is 1. The number of para-hydroxylation sites is 3. The van der Waals surface area contributed by atoms with Crippen LogP contribution in [0.15, 0.2) is 78.9 Å². The van der Waals surface area contributed by atoms with Gasteiger partial charge in [-0.1, -0.05) is 42.5 Å². The molecule has 0 bridgehead atoms. The van der Waals surface area contributed by atoms with E-state index in [4.69, 9.17) is 9.47 Å². The van der Waals surface area contributed by atoms with Gasteiger partial charge in [0.15, 0.2) is 12.4 Å². The lowest BCUT2D eigenvalue weighted by Crippen LogP contribution is -2.20. The SMILES string of the molecule is Cc1cccc(Oc2ccccc2NC(=O)COc2ccccc2)c1. The summed E-state index contributed by atoms with van der Waals surface area (Å²) < 4.78 is 11.4. The molecule has 0 unspecified atom stereocenters. The lowest BCUT2D eigenvalue weighted by Gasteiger charge is -2.13. The molecule has 0 spiro atoms. The van der Waals surface area contributed by atoms with Crippen molar-refractivity contribution in [2.45, 2.75) is 6.92 Å². The number of carbonyl (C=O) groups is 1. The van der Waals surface area contributed by atoms with E-state index in [0.717, 1.165) is 11.3 Å². The van der Waals surface area contributed by atoms with E-state index in [9.17, 15) is 4.79 Å². The number of benzene rings is 3. The first-order valence-electron chi connectivity index (χ1n) is 8.02. The average Bonchev–Trinajstić information content (AvgIpc) is 2.63. The summed E-state index contributed by atoms with van der Waals surface area (Å²) in [4.78, 5) is 12.2. The molecule has 3 aromatic rings. The minimum atomic E-state index is -0.246. The van der Waals surface area contributed by atoms with Gasteiger partial charge >= 0.3 is 0 Å². The highest BCUT2D eigenvalue weighted by molar-refractivity contribution is 5.93. The smallest absolute Gasteiger partial charge is 0.262 e. The molecular formula is C21H19NO3. The van der Waals surface area contributed by atoms with Crippen molar-refractivity contribution in [3.63, 3.8) is 0 Å². The molecule has 0 aliphatic heterocycles. The standard InChI is InChI=1S/C21H19NO3/c1-16-8-7-11-18(14-16)25-20-13-6-5-12-19(20)22-21(23)15-24-17-9-3-2-4-10-17/h2-14H,15H2,1H3,(H,22,23). The molecule has 4 nitrogen and oxygen atoms in total. The molecule has 0 aromatic heterocycles. The van der Waals surface area contributed by atoms with Crippen molar-refractivity contribution in [3.8, 4) is 17.2 Å². The van der Waals surface area contributed by atoms with Gasteiger partial charge in [-0.3, -0.25) is 4.79 Å². The van der Waals surface area contributed by atoms with Gasteiger partial charge in [-0.25, -0.2) is 0 Å². The predicted octanol–water partition coefficient (Wildman–Crippen LogP) is 4.80. The summed E-state index contributed by atoms with van der Waals surface area (Å²) >= 11 is 0. The van der Waals surface area contributed by atoms with E-state index in [2.05, 4.69) is 5.32 Å². The highest BCUT2D eigenvalue weighted by atomic mass is 16.5. The zero-order valence-electron chi connectivity index (χ0n) is 13.9. The third-order valence-corrected chi connectivity index (χ3v) is 3.49. The van der Waals surface area contributed by atoms with Crippen LogP contribution in [0.25, 0.3) is 0 Å². The molecule has 0 aliphatic carbocycles. The second-order valence-corrected chi connectivity index (χ2v) is 5.56. The number of carbonyl (C=O) groups excluding carboxylic acids is 1. The number of ether oxygens (including phenoxy) is 2. The van der Waals surface area contributed by atoms with Crippen LogP contribution in [0.4, 0.5) is 5.69 Å². The molecule has 0 saturated heterocycles. The van der Waals surface area contributed by atoms with Crippen LogP contribution in [0.1, 0.15) is 5.56 Å².